The zero-order chi connectivity index (χ0) is 38.7. The topological polar surface area (TPSA) is 76.3 Å². The van der Waals surface area contributed by atoms with Crippen molar-refractivity contribution in [2.75, 3.05) is 29.9 Å². The standard InChI is InChI=1S/C46H57FN6O2/c1-3-4-5-6-7-8-9-10-11-12-13-14-15-16-17-18-19-20-21-26-43(54)53-44(55)31-34-48-45(53)50(2)40-32-35-51(36-33-40)46-49-41-24-22-23-25-42(41)52(46)37-38-27-29-39(47)30-28-38/h7-8,10-11,13-14,16-17,19-20,22-25,27-31,34,40H,3-6,9,12,15,18,21,26,32-33,35-37H2,1-2H3/b8-7-,11-10-,14-13-,17-16-,20-19-. The minimum atomic E-state index is -0.362. The number of allylic oxidation sites excluding steroid dienone is 10. The second-order valence-corrected chi connectivity index (χ2v) is 14.1. The van der Waals surface area contributed by atoms with Crippen LogP contribution in [-0.4, -0.2) is 51.2 Å². The number of unbranched alkanes of at least 4 members (excludes halogenated alkanes) is 3. The van der Waals surface area contributed by atoms with Crippen LogP contribution >= 0.6 is 0 Å². The third-order valence-corrected chi connectivity index (χ3v) is 10.00. The maximum atomic E-state index is 13.6. The van der Waals surface area contributed by atoms with Gasteiger partial charge in [0.05, 0.1) is 17.6 Å². The molecule has 8 nitrogen and oxygen atoms in total. The van der Waals surface area contributed by atoms with E-state index in [1.165, 1.54) is 54.6 Å². The normalized spacial score (nSPS) is 14.3. The number of nitrogens with zero attached hydrogens (tertiary/aromatic N) is 6. The average molecular weight is 745 g/mol. The number of benzene rings is 2. The van der Waals surface area contributed by atoms with E-state index < -0.39 is 0 Å². The predicted octanol–water partition coefficient (Wildman–Crippen LogP) is 10.2. The van der Waals surface area contributed by atoms with Crippen molar-refractivity contribution in [1.29, 1.82) is 0 Å². The summed E-state index contributed by atoms with van der Waals surface area (Å²) in [4.78, 5) is 40.2. The van der Waals surface area contributed by atoms with Gasteiger partial charge in [-0.2, -0.15) is 0 Å². The van der Waals surface area contributed by atoms with E-state index in [9.17, 15) is 14.0 Å². The molecule has 0 N–H and O–H groups in total. The van der Waals surface area contributed by atoms with Gasteiger partial charge in [0.15, 0.2) is 0 Å². The molecule has 4 aromatic rings. The monoisotopic (exact) mass is 744 g/mol. The van der Waals surface area contributed by atoms with E-state index in [1.807, 2.05) is 48.4 Å². The summed E-state index contributed by atoms with van der Waals surface area (Å²) in [7, 11) is 1.92. The summed E-state index contributed by atoms with van der Waals surface area (Å²) in [6.07, 6.45) is 34.3. The van der Waals surface area contributed by atoms with Crippen molar-refractivity contribution in [2.45, 2.75) is 96.6 Å². The van der Waals surface area contributed by atoms with Crippen LogP contribution < -0.4 is 15.4 Å². The van der Waals surface area contributed by atoms with Crippen molar-refractivity contribution >= 4 is 28.8 Å². The van der Waals surface area contributed by atoms with Gasteiger partial charge in [-0.1, -0.05) is 105 Å². The zero-order valence-corrected chi connectivity index (χ0v) is 32.6. The summed E-state index contributed by atoms with van der Waals surface area (Å²) < 4.78 is 17.0. The Morgan fingerprint density at radius 1 is 0.818 bits per heavy atom. The highest BCUT2D eigenvalue weighted by atomic mass is 19.1. The van der Waals surface area contributed by atoms with Crippen LogP contribution in [0.2, 0.25) is 0 Å². The van der Waals surface area contributed by atoms with Gasteiger partial charge in [-0.25, -0.2) is 18.9 Å². The smallest absolute Gasteiger partial charge is 0.261 e. The van der Waals surface area contributed by atoms with Crippen LogP contribution in [0.25, 0.3) is 11.0 Å². The van der Waals surface area contributed by atoms with Crippen molar-refractivity contribution < 1.29 is 9.18 Å². The van der Waals surface area contributed by atoms with Crippen LogP contribution in [0.5, 0.6) is 0 Å². The van der Waals surface area contributed by atoms with E-state index in [-0.39, 0.29) is 29.7 Å². The van der Waals surface area contributed by atoms with Crippen molar-refractivity contribution in [2.24, 2.45) is 0 Å². The fourth-order valence-corrected chi connectivity index (χ4v) is 6.88. The van der Waals surface area contributed by atoms with E-state index in [1.54, 1.807) is 0 Å². The number of anilines is 2. The molecule has 0 spiro atoms. The van der Waals surface area contributed by atoms with E-state index in [4.69, 9.17) is 4.98 Å². The van der Waals surface area contributed by atoms with E-state index >= 15 is 0 Å². The lowest BCUT2D eigenvalue weighted by atomic mass is 10.0. The molecule has 1 saturated heterocycles. The first-order chi connectivity index (χ1) is 27.0. The summed E-state index contributed by atoms with van der Waals surface area (Å²) in [5, 5.41) is 0. The Bertz CT molecular complexity index is 2000. The number of halogens is 1. The molecule has 0 bridgehead atoms. The molecule has 0 atom stereocenters. The van der Waals surface area contributed by atoms with E-state index in [0.717, 1.165) is 74.2 Å². The summed E-state index contributed by atoms with van der Waals surface area (Å²) in [5.41, 5.74) is 2.58. The minimum Gasteiger partial charge on any atom is -0.342 e. The van der Waals surface area contributed by atoms with Gasteiger partial charge in [-0.15, -0.1) is 0 Å². The van der Waals surface area contributed by atoms with Crippen LogP contribution in [0.15, 0.2) is 126 Å². The molecule has 5 rings (SSSR count). The molecule has 55 heavy (non-hydrogen) atoms. The number of rotatable bonds is 20. The number of hydrogen-bond donors (Lipinski definition) is 0. The first-order valence-electron chi connectivity index (χ1n) is 20.0. The Morgan fingerprint density at radius 2 is 1.44 bits per heavy atom. The Hall–Kier alpha value is -5.31. The lowest BCUT2D eigenvalue weighted by Crippen LogP contribution is -2.46. The fraction of sp³-hybridized carbons (Fsp3) is 0.391. The van der Waals surface area contributed by atoms with Crippen LogP contribution in [0.3, 0.4) is 0 Å². The van der Waals surface area contributed by atoms with Crippen molar-refractivity contribution in [1.82, 2.24) is 19.1 Å². The molecule has 2 aromatic heterocycles. The highest BCUT2D eigenvalue weighted by Gasteiger charge is 2.28. The number of imidazole rings is 1. The predicted molar refractivity (Wildman–Crippen MR) is 226 cm³/mol. The molecule has 1 aliphatic rings. The number of aromatic nitrogens is 4. The first kappa shape index (κ1) is 40.9. The highest BCUT2D eigenvalue weighted by molar-refractivity contribution is 5.82. The lowest BCUT2D eigenvalue weighted by molar-refractivity contribution is 0.0899. The summed E-state index contributed by atoms with van der Waals surface area (Å²) in [6, 6.07) is 16.1. The number of hydrogen-bond acceptors (Lipinski definition) is 6. The molecule has 1 fully saturated rings. The molecule has 0 saturated carbocycles. The Balaban J connectivity index is 1.07. The van der Waals surface area contributed by atoms with Crippen LogP contribution in [0.1, 0.15) is 94.3 Å². The summed E-state index contributed by atoms with van der Waals surface area (Å²) in [6.45, 7) is 4.31. The van der Waals surface area contributed by atoms with Crippen LogP contribution in [0, 0.1) is 5.82 Å². The first-order valence-corrected chi connectivity index (χ1v) is 20.0. The van der Waals surface area contributed by atoms with Gasteiger partial charge < -0.3 is 14.4 Å². The van der Waals surface area contributed by atoms with Gasteiger partial charge in [0.25, 0.3) is 5.56 Å². The molecule has 3 heterocycles. The largest absolute Gasteiger partial charge is 0.342 e. The molecule has 9 heteroatoms. The van der Waals surface area contributed by atoms with Gasteiger partial charge in [-0.3, -0.25) is 9.59 Å². The molecular weight excluding hydrogens is 688 g/mol. The Morgan fingerprint density at radius 3 is 2.09 bits per heavy atom. The molecule has 0 aliphatic carbocycles. The maximum Gasteiger partial charge on any atom is 0.261 e. The van der Waals surface area contributed by atoms with Crippen LogP contribution in [-0.2, 0) is 6.54 Å². The number of carbonyl (C=O) groups excluding carboxylic acids is 1. The molecule has 290 valence electrons. The third kappa shape index (κ3) is 12.4. The van der Waals surface area contributed by atoms with Gasteiger partial charge in [0.2, 0.25) is 17.8 Å². The average Bonchev–Trinajstić information content (AvgIpc) is 3.57. The molecule has 2 aromatic carbocycles. The van der Waals surface area contributed by atoms with Gasteiger partial charge in [0.1, 0.15) is 5.82 Å². The zero-order valence-electron chi connectivity index (χ0n) is 32.6. The number of para-hydroxylation sites is 2. The minimum absolute atomic E-state index is 0.0878. The second-order valence-electron chi connectivity index (χ2n) is 14.1. The Labute approximate surface area is 326 Å². The summed E-state index contributed by atoms with van der Waals surface area (Å²) >= 11 is 0. The van der Waals surface area contributed by atoms with Crippen molar-refractivity contribution in [3.8, 4) is 0 Å². The van der Waals surface area contributed by atoms with E-state index in [0.29, 0.717) is 18.9 Å². The van der Waals surface area contributed by atoms with Crippen molar-refractivity contribution in [3.05, 3.63) is 143 Å². The van der Waals surface area contributed by atoms with Gasteiger partial charge in [-0.05, 0) is 87.6 Å². The third-order valence-electron chi connectivity index (χ3n) is 10.00. The fourth-order valence-electron chi connectivity index (χ4n) is 6.88. The van der Waals surface area contributed by atoms with E-state index in [2.05, 4.69) is 82.1 Å². The number of fused-ring (bicyclic) bond motifs is 1. The molecule has 0 radical (unpaired) electrons. The molecule has 1 aliphatic heterocycles. The molecular formula is C46H57FN6O2. The van der Waals surface area contributed by atoms with Gasteiger partial charge >= 0.3 is 0 Å². The van der Waals surface area contributed by atoms with Crippen molar-refractivity contribution in [3.63, 3.8) is 0 Å². The second kappa shape index (κ2) is 22.2. The number of piperidine rings is 1. The molecule has 0 unspecified atom stereocenters. The maximum absolute atomic E-state index is 13.6. The quantitative estimate of drug-likeness (QED) is 0.0663. The van der Waals surface area contributed by atoms with Crippen LogP contribution in [0.4, 0.5) is 16.3 Å². The Kier molecular flexibility index (Phi) is 16.5. The molecule has 0 amide bonds. The lowest BCUT2D eigenvalue weighted by Gasteiger charge is -2.38. The number of carbonyl (C=O) groups is 1. The van der Waals surface area contributed by atoms with Gasteiger partial charge in [0, 0.05) is 44.9 Å². The summed E-state index contributed by atoms with van der Waals surface area (Å²) in [5.74, 6) is 0.753. The highest BCUT2D eigenvalue weighted by Crippen LogP contribution is 2.28. The SMILES string of the molecule is CCCCC/C=C\C/C=C\C/C=C\C/C=C\C/C=C\CCC(=O)n1c(N(C)C2CCN(c3nc4ccccc4n3Cc3ccc(F)cc3)CC2)nccc1=O.